The number of amides is 5. The molecule has 16 heteroatoms. The average molecular weight is 615 g/mol. The molecule has 0 atom stereocenters. The quantitative estimate of drug-likeness (QED) is 0.189. The number of ether oxygens (including phenoxy) is 1. The number of benzene rings is 2. The van der Waals surface area contributed by atoms with Crippen molar-refractivity contribution in [2.75, 3.05) is 49.7 Å². The molecule has 1 aliphatic rings. The van der Waals surface area contributed by atoms with Crippen LogP contribution in [0.4, 0.5) is 35.0 Å². The van der Waals surface area contributed by atoms with Crippen LogP contribution in [0.15, 0.2) is 41.8 Å². The van der Waals surface area contributed by atoms with E-state index in [1.165, 1.54) is 25.3 Å². The van der Waals surface area contributed by atoms with Crippen LogP contribution in [-0.2, 0) is 0 Å². The maximum Gasteiger partial charge on any atom is 0.321 e. The van der Waals surface area contributed by atoms with Gasteiger partial charge >= 0.3 is 12.1 Å². The van der Waals surface area contributed by atoms with Gasteiger partial charge in [0.2, 0.25) is 0 Å². The van der Waals surface area contributed by atoms with Gasteiger partial charge in [-0.3, -0.25) is 10.1 Å². The second-order valence-corrected chi connectivity index (χ2v) is 10.7. The molecule has 1 fully saturated rings. The lowest BCUT2D eigenvalue weighted by molar-refractivity contribution is 0.102. The number of aromatic nitrogens is 2. The number of rotatable bonds is 9. The van der Waals surface area contributed by atoms with Gasteiger partial charge in [-0.05, 0) is 24.3 Å². The van der Waals surface area contributed by atoms with Crippen molar-refractivity contribution in [1.29, 1.82) is 0 Å². The number of carbonyl (C=O) groups is 3. The number of nitrogens with one attached hydrogen (secondary N) is 4. The van der Waals surface area contributed by atoms with Crippen molar-refractivity contribution in [1.82, 2.24) is 25.5 Å². The molecular weight excluding hydrogens is 590 g/mol. The largest absolute Gasteiger partial charge is 0.497 e. The van der Waals surface area contributed by atoms with Crippen LogP contribution in [0, 0.1) is 11.6 Å². The Morgan fingerprint density at radius 2 is 2.00 bits per heavy atom. The summed E-state index contributed by atoms with van der Waals surface area (Å²) in [6.45, 7) is 1.75. The van der Waals surface area contributed by atoms with Crippen molar-refractivity contribution in [2.45, 2.75) is 0 Å². The van der Waals surface area contributed by atoms with Crippen LogP contribution in [0.2, 0.25) is 0 Å². The second-order valence-electron chi connectivity index (χ2n) is 8.87. The van der Waals surface area contributed by atoms with Crippen LogP contribution in [0.5, 0.6) is 5.75 Å². The minimum atomic E-state index is -0.952. The first-order valence-corrected chi connectivity index (χ1v) is 14.2. The molecular formula is C26H24F2N8O4S2. The summed E-state index contributed by atoms with van der Waals surface area (Å²) >= 11 is 2.22. The zero-order chi connectivity index (χ0) is 29.8. The molecule has 5 rings (SSSR count). The van der Waals surface area contributed by atoms with E-state index in [9.17, 15) is 23.2 Å². The molecule has 0 spiro atoms. The van der Waals surface area contributed by atoms with Crippen LogP contribution in [-0.4, -0.2) is 66.1 Å². The number of halogens is 2. The topological polar surface area (TPSA) is 164 Å². The van der Waals surface area contributed by atoms with Crippen LogP contribution in [0.1, 0.15) is 10.4 Å². The maximum atomic E-state index is 14.8. The molecule has 0 bridgehead atoms. The summed E-state index contributed by atoms with van der Waals surface area (Å²) in [5.41, 5.74) is 6.22. The highest BCUT2D eigenvalue weighted by molar-refractivity contribution is 7.23. The fourth-order valence-corrected chi connectivity index (χ4v) is 5.81. The van der Waals surface area contributed by atoms with Crippen LogP contribution < -0.4 is 31.7 Å². The first-order chi connectivity index (χ1) is 20.2. The number of urea groups is 2. The van der Waals surface area contributed by atoms with Gasteiger partial charge in [-0.15, -0.1) is 11.3 Å². The molecule has 0 saturated carbocycles. The van der Waals surface area contributed by atoms with E-state index in [0.717, 1.165) is 22.7 Å². The Morgan fingerprint density at radius 1 is 1.17 bits per heavy atom. The van der Waals surface area contributed by atoms with Gasteiger partial charge in [0.05, 0.1) is 18.5 Å². The molecule has 0 aliphatic carbocycles. The molecule has 6 N–H and O–H groups in total. The molecule has 4 aromatic rings. The summed E-state index contributed by atoms with van der Waals surface area (Å²) in [5.74, 6) is -1.87. The Morgan fingerprint density at radius 3 is 2.76 bits per heavy atom. The van der Waals surface area contributed by atoms with Crippen molar-refractivity contribution in [3.8, 4) is 26.9 Å². The molecule has 3 heterocycles. The van der Waals surface area contributed by atoms with Gasteiger partial charge in [-0.2, -0.15) is 0 Å². The predicted molar refractivity (Wildman–Crippen MR) is 156 cm³/mol. The van der Waals surface area contributed by atoms with Crippen molar-refractivity contribution in [3.63, 3.8) is 0 Å². The van der Waals surface area contributed by atoms with E-state index in [2.05, 4.69) is 31.2 Å². The van der Waals surface area contributed by atoms with E-state index < -0.39 is 23.6 Å². The molecule has 218 valence electrons. The number of carbonyl (C=O) groups excluding carboxylic acids is 3. The van der Waals surface area contributed by atoms with Crippen molar-refractivity contribution in [2.24, 2.45) is 0 Å². The summed E-state index contributed by atoms with van der Waals surface area (Å²) in [6, 6.07) is 7.45. The first-order valence-electron chi connectivity index (χ1n) is 12.5. The molecule has 12 nitrogen and oxygen atoms in total. The van der Waals surface area contributed by atoms with Gasteiger partial charge in [0, 0.05) is 48.8 Å². The molecule has 5 amide bonds. The lowest BCUT2D eigenvalue weighted by Gasteiger charge is -2.14. The number of nitrogen functional groups attached to an aromatic ring is 1. The van der Waals surface area contributed by atoms with E-state index in [1.54, 1.807) is 22.4 Å². The zero-order valence-corrected chi connectivity index (χ0v) is 23.6. The molecule has 1 aliphatic heterocycles. The normalized spacial score (nSPS) is 12.6. The summed E-state index contributed by atoms with van der Waals surface area (Å²) < 4.78 is 34.5. The Kier molecular flexibility index (Phi) is 8.44. The van der Waals surface area contributed by atoms with Crippen molar-refractivity contribution >= 4 is 57.3 Å². The molecule has 0 radical (unpaired) electrons. The van der Waals surface area contributed by atoms with Gasteiger partial charge in [0.15, 0.2) is 5.13 Å². The molecule has 2 aromatic heterocycles. The van der Waals surface area contributed by atoms with Gasteiger partial charge in [0.1, 0.15) is 33.1 Å². The number of nitrogens with zero attached hydrogens (tertiary/aromatic N) is 3. The fourth-order valence-electron chi connectivity index (χ4n) is 4.01. The monoisotopic (exact) mass is 614 g/mol. The van der Waals surface area contributed by atoms with Gasteiger partial charge in [0.25, 0.3) is 5.91 Å². The lowest BCUT2D eigenvalue weighted by atomic mass is 10.1. The molecule has 2 aromatic carbocycles. The Labute approximate surface area is 245 Å². The van der Waals surface area contributed by atoms with Crippen LogP contribution in [0.3, 0.4) is 0 Å². The fraction of sp³-hybridized carbons (Fsp3) is 0.192. The highest BCUT2D eigenvalue weighted by atomic mass is 32.1. The summed E-state index contributed by atoms with van der Waals surface area (Å²) in [5, 5.41) is 12.6. The standard InChI is InChI=1S/C26H24F2N8O4S2/c1-40-14-4-2-3-13(9-14)22(37)32-18-10-15(16(27)11-17(18)28)19-12-41-23(33-19)20-21(29)34-25(42-20)35-24(38)30-5-7-36-8-6-31-26(36)39/h2-4,9-12H,5-8,29H2,1H3,(H,31,39)(H,32,37)(H2,30,34,35,38). The smallest absolute Gasteiger partial charge is 0.321 e. The number of hydrogen-bond acceptors (Lipinski definition) is 9. The third kappa shape index (κ3) is 6.39. The third-order valence-corrected chi connectivity index (χ3v) is 8.08. The predicted octanol–water partition coefficient (Wildman–Crippen LogP) is 4.20. The number of hydrogen-bond donors (Lipinski definition) is 5. The van der Waals surface area contributed by atoms with Crippen LogP contribution in [0.25, 0.3) is 21.1 Å². The number of anilines is 3. The van der Waals surface area contributed by atoms with Crippen molar-refractivity contribution < 1.29 is 27.9 Å². The molecule has 42 heavy (non-hydrogen) atoms. The van der Waals surface area contributed by atoms with E-state index in [0.29, 0.717) is 41.3 Å². The van der Waals surface area contributed by atoms with Gasteiger partial charge < -0.3 is 31.3 Å². The number of nitrogens with two attached hydrogens (primary N) is 1. The highest BCUT2D eigenvalue weighted by Gasteiger charge is 2.21. The van der Waals surface area contributed by atoms with Gasteiger partial charge in [-0.1, -0.05) is 17.4 Å². The Bertz CT molecular complexity index is 1660. The SMILES string of the molecule is COc1cccc(C(=O)Nc2cc(-c3csc(-c4sc(NC(=O)NCCN5CCNC5=O)nc4N)n3)c(F)cc2F)c1. The van der Waals surface area contributed by atoms with Crippen LogP contribution >= 0.6 is 22.7 Å². The summed E-state index contributed by atoms with van der Waals surface area (Å²) in [6.07, 6.45) is 0. The number of methoxy groups -OCH3 is 1. The third-order valence-electron chi connectivity index (χ3n) is 6.10. The average Bonchev–Trinajstić information content (AvgIpc) is 3.70. The van der Waals surface area contributed by atoms with Gasteiger partial charge in [-0.25, -0.2) is 28.3 Å². The Hall–Kier alpha value is -4.83. The van der Waals surface area contributed by atoms with E-state index in [1.807, 2.05) is 0 Å². The summed E-state index contributed by atoms with van der Waals surface area (Å²) in [7, 11) is 1.46. The Balaban J connectivity index is 1.27. The highest BCUT2D eigenvalue weighted by Crippen LogP contribution is 2.39. The minimum absolute atomic E-state index is 0.0349. The van der Waals surface area contributed by atoms with E-state index in [4.69, 9.17) is 10.5 Å². The number of thiazole rings is 2. The van der Waals surface area contributed by atoms with E-state index >= 15 is 0 Å². The lowest BCUT2D eigenvalue weighted by Crippen LogP contribution is -2.38. The van der Waals surface area contributed by atoms with E-state index in [-0.39, 0.29) is 46.0 Å². The van der Waals surface area contributed by atoms with Crippen molar-refractivity contribution in [3.05, 3.63) is 59.0 Å². The maximum absolute atomic E-state index is 14.8. The zero-order valence-electron chi connectivity index (χ0n) is 22.0. The minimum Gasteiger partial charge on any atom is -0.497 e. The summed E-state index contributed by atoms with van der Waals surface area (Å²) in [4.78, 5) is 47.2. The second kappa shape index (κ2) is 12.4. The molecule has 1 saturated heterocycles. The molecule has 0 unspecified atom stereocenters. The first kappa shape index (κ1) is 28.7.